The highest BCUT2D eigenvalue weighted by molar-refractivity contribution is 7.89. The topological polar surface area (TPSA) is 86.7 Å². The van der Waals surface area contributed by atoms with E-state index in [1.54, 1.807) is 17.0 Å². The standard InChI is InChI=1S/C18H26N2O4S/c1-12-3-6-16(25(23,24)19-15-4-5-15)10-17(12)18(22)20-8-7-14(11-21)9-13(20)2/h3,6,10,13-15,19,21H,4-5,7-9,11H2,1-2H3/t13-,14-/m0/s1. The van der Waals surface area contributed by atoms with E-state index in [9.17, 15) is 18.3 Å². The van der Waals surface area contributed by atoms with Crippen LogP contribution in [0.2, 0.25) is 0 Å². The number of likely N-dealkylation sites (tertiary alicyclic amines) is 1. The molecule has 2 N–H and O–H groups in total. The van der Waals surface area contributed by atoms with E-state index in [1.807, 2.05) is 13.8 Å². The molecule has 1 saturated heterocycles. The minimum Gasteiger partial charge on any atom is -0.396 e. The lowest BCUT2D eigenvalue weighted by Gasteiger charge is -2.37. The van der Waals surface area contributed by atoms with Crippen molar-refractivity contribution in [2.24, 2.45) is 5.92 Å². The molecule has 0 radical (unpaired) electrons. The van der Waals surface area contributed by atoms with Gasteiger partial charge in [-0.3, -0.25) is 4.79 Å². The molecule has 0 bridgehead atoms. The third-order valence-corrected chi connectivity index (χ3v) is 6.67. The molecule has 3 rings (SSSR count). The molecule has 2 atom stereocenters. The molecule has 1 amide bonds. The molecule has 1 heterocycles. The first-order valence-corrected chi connectivity index (χ1v) is 10.3. The van der Waals surface area contributed by atoms with E-state index in [0.29, 0.717) is 12.1 Å². The van der Waals surface area contributed by atoms with Crippen molar-refractivity contribution in [1.82, 2.24) is 9.62 Å². The lowest BCUT2D eigenvalue weighted by molar-refractivity contribution is 0.0514. The van der Waals surface area contributed by atoms with Crippen LogP contribution < -0.4 is 4.72 Å². The summed E-state index contributed by atoms with van der Waals surface area (Å²) < 4.78 is 27.5. The third-order valence-electron chi connectivity index (χ3n) is 5.15. The molecule has 6 nitrogen and oxygen atoms in total. The Bertz CT molecular complexity index is 758. The van der Waals surface area contributed by atoms with Crippen LogP contribution in [0.1, 0.15) is 48.5 Å². The average molecular weight is 366 g/mol. The number of rotatable bonds is 5. The first-order chi connectivity index (χ1) is 11.8. The molecule has 1 aliphatic heterocycles. The van der Waals surface area contributed by atoms with Gasteiger partial charge in [0.05, 0.1) is 4.90 Å². The highest BCUT2D eigenvalue weighted by Crippen LogP contribution is 2.27. The predicted molar refractivity (Wildman–Crippen MR) is 94.8 cm³/mol. The Balaban J connectivity index is 1.84. The Kier molecular flexibility index (Phi) is 5.18. The molecule has 138 valence electrons. The van der Waals surface area contributed by atoms with Gasteiger partial charge < -0.3 is 10.0 Å². The summed E-state index contributed by atoms with van der Waals surface area (Å²) in [5.41, 5.74) is 1.21. The number of aryl methyl sites for hydroxylation is 1. The van der Waals surface area contributed by atoms with Crippen LogP contribution >= 0.6 is 0 Å². The van der Waals surface area contributed by atoms with E-state index in [0.717, 1.165) is 31.2 Å². The van der Waals surface area contributed by atoms with Gasteiger partial charge >= 0.3 is 0 Å². The van der Waals surface area contributed by atoms with Crippen LogP contribution in [0.3, 0.4) is 0 Å². The van der Waals surface area contributed by atoms with Gasteiger partial charge in [0.1, 0.15) is 0 Å². The van der Waals surface area contributed by atoms with Crippen LogP contribution in [0.15, 0.2) is 23.1 Å². The lowest BCUT2D eigenvalue weighted by atomic mass is 9.91. The highest BCUT2D eigenvalue weighted by Gasteiger charge is 2.31. The number of hydrogen-bond donors (Lipinski definition) is 2. The number of carbonyl (C=O) groups excluding carboxylic acids is 1. The molecule has 2 aliphatic rings. The molecule has 25 heavy (non-hydrogen) atoms. The van der Waals surface area contributed by atoms with Gasteiger partial charge in [-0.25, -0.2) is 13.1 Å². The summed E-state index contributed by atoms with van der Waals surface area (Å²) in [6.07, 6.45) is 3.28. The quantitative estimate of drug-likeness (QED) is 0.830. The van der Waals surface area contributed by atoms with E-state index >= 15 is 0 Å². The molecule has 1 saturated carbocycles. The predicted octanol–water partition coefficient (Wildman–Crippen LogP) is 1.67. The first-order valence-electron chi connectivity index (χ1n) is 8.86. The maximum absolute atomic E-state index is 13.0. The smallest absolute Gasteiger partial charge is 0.254 e. The van der Waals surface area contributed by atoms with E-state index in [1.165, 1.54) is 6.07 Å². The van der Waals surface area contributed by atoms with Gasteiger partial charge in [-0.1, -0.05) is 6.07 Å². The van der Waals surface area contributed by atoms with Crippen LogP contribution in [-0.2, 0) is 10.0 Å². The van der Waals surface area contributed by atoms with Gasteiger partial charge in [0.25, 0.3) is 5.91 Å². The Hall–Kier alpha value is -1.44. The van der Waals surface area contributed by atoms with Gasteiger partial charge in [-0.15, -0.1) is 0 Å². The van der Waals surface area contributed by atoms with Crippen LogP contribution in [0, 0.1) is 12.8 Å². The summed E-state index contributed by atoms with van der Waals surface area (Å²) >= 11 is 0. The van der Waals surface area contributed by atoms with E-state index < -0.39 is 10.0 Å². The average Bonchev–Trinajstić information content (AvgIpc) is 3.37. The molecule has 1 aromatic rings. The van der Waals surface area contributed by atoms with Crippen molar-refractivity contribution < 1.29 is 18.3 Å². The molecule has 1 aliphatic carbocycles. The SMILES string of the molecule is Cc1ccc(S(=O)(=O)NC2CC2)cc1C(=O)N1CC[C@H](CO)C[C@@H]1C. The Morgan fingerprint density at radius 3 is 2.64 bits per heavy atom. The fourth-order valence-electron chi connectivity index (χ4n) is 3.38. The maximum Gasteiger partial charge on any atom is 0.254 e. The van der Waals surface area contributed by atoms with Gasteiger partial charge in [0, 0.05) is 30.8 Å². The molecule has 0 aromatic heterocycles. The lowest BCUT2D eigenvalue weighted by Crippen LogP contribution is -2.45. The highest BCUT2D eigenvalue weighted by atomic mass is 32.2. The zero-order chi connectivity index (χ0) is 18.2. The second kappa shape index (κ2) is 7.05. The maximum atomic E-state index is 13.0. The minimum absolute atomic E-state index is 0.0302. The van der Waals surface area contributed by atoms with Gasteiger partial charge in [0.15, 0.2) is 0 Å². The van der Waals surface area contributed by atoms with E-state index in [2.05, 4.69) is 4.72 Å². The number of aliphatic hydroxyl groups is 1. The largest absolute Gasteiger partial charge is 0.396 e. The van der Waals surface area contributed by atoms with Gasteiger partial charge in [-0.2, -0.15) is 0 Å². The van der Waals surface area contributed by atoms with Crippen molar-refractivity contribution in [2.75, 3.05) is 13.2 Å². The number of aliphatic hydroxyl groups excluding tert-OH is 1. The molecule has 2 fully saturated rings. The van der Waals surface area contributed by atoms with Crippen LogP contribution in [-0.4, -0.2) is 49.6 Å². The summed E-state index contributed by atoms with van der Waals surface area (Å²) in [6.45, 7) is 4.53. The number of sulfonamides is 1. The molecular weight excluding hydrogens is 340 g/mol. The zero-order valence-electron chi connectivity index (χ0n) is 14.7. The summed E-state index contributed by atoms with van der Waals surface area (Å²) in [6, 6.07) is 4.80. The monoisotopic (exact) mass is 366 g/mol. The Labute approximate surface area is 149 Å². The Morgan fingerprint density at radius 2 is 2.04 bits per heavy atom. The molecular formula is C18H26N2O4S. The van der Waals surface area contributed by atoms with Crippen molar-refractivity contribution >= 4 is 15.9 Å². The van der Waals surface area contributed by atoms with Crippen molar-refractivity contribution in [3.05, 3.63) is 29.3 Å². The van der Waals surface area contributed by atoms with E-state index in [4.69, 9.17) is 0 Å². The number of benzene rings is 1. The fraction of sp³-hybridized carbons (Fsp3) is 0.611. The number of carbonyl (C=O) groups is 1. The number of nitrogens with zero attached hydrogens (tertiary/aromatic N) is 1. The molecule has 7 heteroatoms. The second-order valence-corrected chi connectivity index (χ2v) is 9.01. The minimum atomic E-state index is -3.58. The first kappa shape index (κ1) is 18.4. The van der Waals surface area contributed by atoms with Gasteiger partial charge in [0.2, 0.25) is 10.0 Å². The summed E-state index contributed by atoms with van der Waals surface area (Å²) in [7, 11) is -3.58. The van der Waals surface area contributed by atoms with Crippen LogP contribution in [0.4, 0.5) is 0 Å². The summed E-state index contributed by atoms with van der Waals surface area (Å²) in [4.78, 5) is 14.9. The van der Waals surface area contributed by atoms with Crippen LogP contribution in [0.5, 0.6) is 0 Å². The fourth-order valence-corrected chi connectivity index (χ4v) is 4.71. The van der Waals surface area contributed by atoms with Crippen molar-refractivity contribution in [3.8, 4) is 0 Å². The number of nitrogens with one attached hydrogen (secondary N) is 1. The Morgan fingerprint density at radius 1 is 1.32 bits per heavy atom. The number of hydrogen-bond acceptors (Lipinski definition) is 4. The van der Waals surface area contributed by atoms with E-state index in [-0.39, 0.29) is 35.4 Å². The number of piperidine rings is 1. The summed E-state index contributed by atoms with van der Waals surface area (Å²) in [5.74, 6) is 0.0967. The molecule has 0 unspecified atom stereocenters. The van der Waals surface area contributed by atoms with Gasteiger partial charge in [-0.05, 0) is 63.1 Å². The second-order valence-electron chi connectivity index (χ2n) is 7.29. The normalized spacial score (nSPS) is 24.4. The molecule has 0 spiro atoms. The van der Waals surface area contributed by atoms with Crippen molar-refractivity contribution in [2.45, 2.75) is 56.5 Å². The molecule has 1 aromatic carbocycles. The zero-order valence-corrected chi connectivity index (χ0v) is 15.6. The van der Waals surface area contributed by atoms with Crippen molar-refractivity contribution in [1.29, 1.82) is 0 Å². The summed E-state index contributed by atoms with van der Waals surface area (Å²) in [5, 5.41) is 9.32. The van der Waals surface area contributed by atoms with Crippen LogP contribution in [0.25, 0.3) is 0 Å². The third kappa shape index (κ3) is 4.04. The number of amides is 1. The van der Waals surface area contributed by atoms with Crippen molar-refractivity contribution in [3.63, 3.8) is 0 Å².